The van der Waals surface area contributed by atoms with Gasteiger partial charge in [0.1, 0.15) is 5.75 Å². The Balaban J connectivity index is 1.58. The molecule has 1 aliphatic heterocycles. The first-order valence-electron chi connectivity index (χ1n) is 8.09. The molecule has 0 amide bonds. The van der Waals surface area contributed by atoms with Crippen LogP contribution >= 0.6 is 0 Å². The van der Waals surface area contributed by atoms with Crippen molar-refractivity contribution in [1.82, 2.24) is 9.55 Å². The van der Waals surface area contributed by atoms with E-state index < -0.39 is 5.79 Å². The standard InChI is InChI=1S/C18H24N2O3/c1-15-12-22-18(23-15,13-20-11-10-19-14-20)9-3-4-16-5-7-17(21-2)8-6-16/h5-8,10-11,14-15H,3-4,9,12-13H2,1-2H3. The molecule has 23 heavy (non-hydrogen) atoms. The molecule has 5 nitrogen and oxygen atoms in total. The predicted octanol–water partition coefficient (Wildman–Crippen LogP) is 3.05. The lowest BCUT2D eigenvalue weighted by molar-refractivity contribution is -0.181. The van der Waals surface area contributed by atoms with E-state index >= 15 is 0 Å². The maximum absolute atomic E-state index is 6.11. The zero-order chi connectivity index (χ0) is 16.1. The van der Waals surface area contributed by atoms with Crippen molar-refractivity contribution in [1.29, 1.82) is 0 Å². The topological polar surface area (TPSA) is 45.5 Å². The molecule has 2 atom stereocenters. The summed E-state index contributed by atoms with van der Waals surface area (Å²) in [5, 5.41) is 0. The van der Waals surface area contributed by atoms with Crippen LogP contribution < -0.4 is 4.74 Å². The SMILES string of the molecule is COc1ccc(CCCC2(Cn3ccnc3)OCC(C)O2)cc1. The van der Waals surface area contributed by atoms with E-state index in [9.17, 15) is 0 Å². The highest BCUT2D eigenvalue weighted by Gasteiger charge is 2.39. The fourth-order valence-corrected chi connectivity index (χ4v) is 3.01. The van der Waals surface area contributed by atoms with E-state index in [1.807, 2.05) is 22.9 Å². The number of hydrogen-bond donors (Lipinski definition) is 0. The van der Waals surface area contributed by atoms with Crippen molar-refractivity contribution in [2.45, 2.75) is 44.6 Å². The minimum absolute atomic E-state index is 0.138. The maximum Gasteiger partial charge on any atom is 0.186 e. The Bertz CT molecular complexity index is 597. The molecule has 2 heterocycles. The van der Waals surface area contributed by atoms with Gasteiger partial charge in [-0.1, -0.05) is 12.1 Å². The Kier molecular flexibility index (Phi) is 4.98. The van der Waals surface area contributed by atoms with Crippen LogP contribution in [0.5, 0.6) is 5.75 Å². The van der Waals surface area contributed by atoms with Crippen LogP contribution in [0.25, 0.3) is 0 Å². The van der Waals surface area contributed by atoms with Crippen molar-refractivity contribution in [3.8, 4) is 5.75 Å². The summed E-state index contributed by atoms with van der Waals surface area (Å²) >= 11 is 0. The number of rotatable bonds is 7. The largest absolute Gasteiger partial charge is 0.497 e. The van der Waals surface area contributed by atoms with Crippen LogP contribution in [-0.2, 0) is 22.4 Å². The van der Waals surface area contributed by atoms with E-state index in [0.29, 0.717) is 13.2 Å². The van der Waals surface area contributed by atoms with Crippen LogP contribution in [0.15, 0.2) is 43.0 Å². The third-order valence-electron chi connectivity index (χ3n) is 4.16. The van der Waals surface area contributed by atoms with Crippen molar-refractivity contribution in [2.24, 2.45) is 0 Å². The van der Waals surface area contributed by atoms with Crippen molar-refractivity contribution in [3.63, 3.8) is 0 Å². The van der Waals surface area contributed by atoms with E-state index in [1.165, 1.54) is 5.56 Å². The number of benzene rings is 1. The summed E-state index contributed by atoms with van der Waals surface area (Å²) in [6, 6.07) is 8.23. The van der Waals surface area contributed by atoms with E-state index in [1.54, 1.807) is 19.6 Å². The first kappa shape index (κ1) is 16.0. The monoisotopic (exact) mass is 316 g/mol. The van der Waals surface area contributed by atoms with E-state index in [2.05, 4.69) is 24.0 Å². The zero-order valence-electron chi connectivity index (χ0n) is 13.8. The average Bonchev–Trinajstić information content (AvgIpc) is 3.19. The number of aryl methyl sites for hydroxylation is 1. The minimum atomic E-state index is -0.535. The fraction of sp³-hybridized carbons (Fsp3) is 0.500. The number of nitrogens with zero attached hydrogens (tertiary/aromatic N) is 2. The van der Waals surface area contributed by atoms with Gasteiger partial charge in [-0.05, 0) is 37.5 Å². The Morgan fingerprint density at radius 3 is 2.78 bits per heavy atom. The lowest BCUT2D eigenvalue weighted by Crippen LogP contribution is -2.36. The fourth-order valence-electron chi connectivity index (χ4n) is 3.01. The number of imidazole rings is 1. The lowest BCUT2D eigenvalue weighted by Gasteiger charge is -2.28. The van der Waals surface area contributed by atoms with Gasteiger partial charge in [0.25, 0.3) is 0 Å². The molecule has 2 unspecified atom stereocenters. The molecular formula is C18H24N2O3. The predicted molar refractivity (Wildman–Crippen MR) is 87.4 cm³/mol. The van der Waals surface area contributed by atoms with Crippen molar-refractivity contribution < 1.29 is 14.2 Å². The molecule has 1 aromatic carbocycles. The van der Waals surface area contributed by atoms with Gasteiger partial charge in [0.15, 0.2) is 5.79 Å². The van der Waals surface area contributed by atoms with Crippen LogP contribution in [0, 0.1) is 0 Å². The molecule has 124 valence electrons. The number of aromatic nitrogens is 2. The quantitative estimate of drug-likeness (QED) is 0.787. The smallest absolute Gasteiger partial charge is 0.186 e. The van der Waals surface area contributed by atoms with Gasteiger partial charge >= 0.3 is 0 Å². The van der Waals surface area contributed by atoms with Gasteiger partial charge in [-0.15, -0.1) is 0 Å². The second kappa shape index (κ2) is 7.15. The molecule has 2 aromatic rings. The Morgan fingerprint density at radius 2 is 2.17 bits per heavy atom. The molecule has 1 aromatic heterocycles. The highest BCUT2D eigenvalue weighted by molar-refractivity contribution is 5.27. The Morgan fingerprint density at radius 1 is 1.35 bits per heavy atom. The third-order valence-corrected chi connectivity index (χ3v) is 4.16. The van der Waals surface area contributed by atoms with Gasteiger partial charge in [-0.3, -0.25) is 0 Å². The summed E-state index contributed by atoms with van der Waals surface area (Å²) < 4.78 is 19.3. The zero-order valence-corrected chi connectivity index (χ0v) is 13.8. The molecule has 0 N–H and O–H groups in total. The van der Waals surface area contributed by atoms with Crippen molar-refractivity contribution >= 4 is 0 Å². The number of methoxy groups -OCH3 is 1. The van der Waals surface area contributed by atoms with E-state index in [0.717, 1.165) is 25.0 Å². The molecule has 3 rings (SSSR count). The summed E-state index contributed by atoms with van der Waals surface area (Å²) in [6.45, 7) is 3.39. The van der Waals surface area contributed by atoms with Crippen molar-refractivity contribution in [3.05, 3.63) is 48.5 Å². The summed E-state index contributed by atoms with van der Waals surface area (Å²) in [6.07, 6.45) is 8.54. The highest BCUT2D eigenvalue weighted by atomic mass is 16.7. The van der Waals surface area contributed by atoms with Crippen LogP contribution in [0.2, 0.25) is 0 Å². The number of ether oxygens (including phenoxy) is 3. The molecule has 0 bridgehead atoms. The van der Waals surface area contributed by atoms with E-state index in [-0.39, 0.29) is 6.10 Å². The molecule has 0 spiro atoms. The first-order valence-corrected chi connectivity index (χ1v) is 8.09. The maximum atomic E-state index is 6.11. The lowest BCUT2D eigenvalue weighted by atomic mass is 10.0. The van der Waals surface area contributed by atoms with Gasteiger partial charge < -0.3 is 18.8 Å². The summed E-state index contributed by atoms with van der Waals surface area (Å²) in [4.78, 5) is 4.10. The third kappa shape index (κ3) is 4.12. The molecule has 0 saturated carbocycles. The van der Waals surface area contributed by atoms with Crippen LogP contribution in [0.4, 0.5) is 0 Å². The molecular weight excluding hydrogens is 292 g/mol. The van der Waals surface area contributed by atoms with Crippen LogP contribution in [0.3, 0.4) is 0 Å². The second-order valence-electron chi connectivity index (χ2n) is 6.09. The van der Waals surface area contributed by atoms with Gasteiger partial charge in [0, 0.05) is 18.8 Å². The average molecular weight is 316 g/mol. The summed E-state index contributed by atoms with van der Waals surface area (Å²) in [7, 11) is 1.69. The van der Waals surface area contributed by atoms with Crippen molar-refractivity contribution in [2.75, 3.05) is 13.7 Å². The molecule has 0 aliphatic carbocycles. The number of hydrogen-bond acceptors (Lipinski definition) is 4. The summed E-state index contributed by atoms with van der Waals surface area (Å²) in [5.74, 6) is 0.355. The first-order chi connectivity index (χ1) is 11.2. The minimum Gasteiger partial charge on any atom is -0.497 e. The molecule has 1 fully saturated rings. The second-order valence-corrected chi connectivity index (χ2v) is 6.09. The molecule has 1 saturated heterocycles. The van der Waals surface area contributed by atoms with Crippen LogP contribution in [0.1, 0.15) is 25.3 Å². The molecule has 1 aliphatic rings. The molecule has 5 heteroatoms. The van der Waals surface area contributed by atoms with E-state index in [4.69, 9.17) is 14.2 Å². The summed E-state index contributed by atoms with van der Waals surface area (Å²) in [5.41, 5.74) is 1.30. The van der Waals surface area contributed by atoms with Gasteiger partial charge in [-0.2, -0.15) is 0 Å². The van der Waals surface area contributed by atoms with Crippen LogP contribution in [-0.4, -0.2) is 35.2 Å². The van der Waals surface area contributed by atoms with Gasteiger partial charge in [0.2, 0.25) is 0 Å². The van der Waals surface area contributed by atoms with Gasteiger partial charge in [0.05, 0.1) is 32.7 Å². The Hall–Kier alpha value is -1.85. The van der Waals surface area contributed by atoms with Gasteiger partial charge in [-0.25, -0.2) is 4.98 Å². The molecule has 0 radical (unpaired) electrons. The Labute approximate surface area is 137 Å². The normalized spacial score (nSPS) is 24.0. The highest BCUT2D eigenvalue weighted by Crippen LogP contribution is 2.31.